The Hall–Kier alpha value is -3.75. The number of nitrogens with zero attached hydrogens (tertiary/aromatic N) is 4. The number of amides is 1. The van der Waals surface area contributed by atoms with Gasteiger partial charge in [-0.15, -0.1) is 10.2 Å². The zero-order valence-electron chi connectivity index (χ0n) is 20.6. The SMILES string of the molecule is C=C(Cl)CSc1nnc(CCNC(=O)c2ccc3c(c2)c2ccccc2n3C)n1-c1ccc(OC)cc1. The first-order valence-corrected chi connectivity index (χ1v) is 13.1. The second-order valence-electron chi connectivity index (χ2n) is 8.55. The van der Waals surface area contributed by atoms with E-state index >= 15 is 0 Å². The van der Waals surface area contributed by atoms with Crippen LogP contribution in [0.3, 0.4) is 0 Å². The quantitative estimate of drug-likeness (QED) is 0.246. The van der Waals surface area contributed by atoms with Crippen LogP contribution in [-0.2, 0) is 13.5 Å². The molecule has 0 unspecified atom stereocenters. The molecule has 0 aliphatic carbocycles. The fraction of sp³-hybridized carbons (Fsp3) is 0.179. The maximum atomic E-state index is 13.0. The molecule has 37 heavy (non-hydrogen) atoms. The van der Waals surface area contributed by atoms with Crippen LogP contribution in [0.5, 0.6) is 5.75 Å². The molecule has 1 N–H and O–H groups in total. The first-order chi connectivity index (χ1) is 18.0. The Morgan fingerprint density at radius 1 is 1.05 bits per heavy atom. The van der Waals surface area contributed by atoms with Gasteiger partial charge in [-0.1, -0.05) is 48.1 Å². The highest BCUT2D eigenvalue weighted by molar-refractivity contribution is 7.99. The van der Waals surface area contributed by atoms with E-state index in [1.807, 2.05) is 66.2 Å². The average Bonchev–Trinajstić information content (AvgIpc) is 3.46. The van der Waals surface area contributed by atoms with Crippen LogP contribution < -0.4 is 10.1 Å². The lowest BCUT2D eigenvalue weighted by molar-refractivity contribution is 0.0954. The Labute approximate surface area is 224 Å². The maximum absolute atomic E-state index is 13.0. The van der Waals surface area contributed by atoms with Crippen molar-refractivity contribution in [2.75, 3.05) is 19.4 Å². The van der Waals surface area contributed by atoms with Crippen molar-refractivity contribution < 1.29 is 9.53 Å². The second-order valence-corrected chi connectivity index (χ2v) is 10.0. The molecule has 0 aliphatic rings. The molecule has 0 saturated carbocycles. The fourth-order valence-corrected chi connectivity index (χ4v) is 5.28. The molecule has 0 saturated heterocycles. The number of carbonyl (C=O) groups excluding carboxylic acids is 1. The number of halogens is 1. The van der Waals surface area contributed by atoms with E-state index in [-0.39, 0.29) is 5.91 Å². The van der Waals surface area contributed by atoms with E-state index in [1.165, 1.54) is 11.8 Å². The molecule has 188 valence electrons. The van der Waals surface area contributed by atoms with Crippen molar-refractivity contribution >= 4 is 51.1 Å². The van der Waals surface area contributed by atoms with Crippen molar-refractivity contribution in [3.05, 3.63) is 89.7 Å². The molecule has 3 aromatic carbocycles. The Kier molecular flexibility index (Phi) is 7.21. The van der Waals surface area contributed by atoms with Gasteiger partial charge in [-0.3, -0.25) is 9.36 Å². The minimum atomic E-state index is -0.126. The zero-order valence-corrected chi connectivity index (χ0v) is 22.1. The van der Waals surface area contributed by atoms with Crippen LogP contribution in [0.2, 0.25) is 0 Å². The van der Waals surface area contributed by atoms with Crippen molar-refractivity contribution in [3.8, 4) is 11.4 Å². The lowest BCUT2D eigenvalue weighted by Gasteiger charge is -2.11. The monoisotopic (exact) mass is 531 g/mol. The van der Waals surface area contributed by atoms with Crippen LogP contribution >= 0.6 is 23.4 Å². The summed E-state index contributed by atoms with van der Waals surface area (Å²) in [6, 6.07) is 21.7. The smallest absolute Gasteiger partial charge is 0.251 e. The Bertz CT molecular complexity index is 1610. The van der Waals surface area contributed by atoms with Crippen LogP contribution in [0.1, 0.15) is 16.2 Å². The summed E-state index contributed by atoms with van der Waals surface area (Å²) in [6.45, 7) is 4.17. The average molecular weight is 532 g/mol. The molecule has 0 spiro atoms. The summed E-state index contributed by atoms with van der Waals surface area (Å²) in [5.74, 6) is 1.89. The van der Waals surface area contributed by atoms with E-state index in [4.69, 9.17) is 16.3 Å². The van der Waals surface area contributed by atoms with Gasteiger partial charge in [-0.25, -0.2) is 0 Å². The molecule has 0 fully saturated rings. The number of aryl methyl sites for hydroxylation is 1. The number of aromatic nitrogens is 4. The molecule has 2 heterocycles. The normalized spacial score (nSPS) is 11.2. The van der Waals surface area contributed by atoms with Gasteiger partial charge in [-0.05, 0) is 48.5 Å². The molecular weight excluding hydrogens is 506 g/mol. The zero-order chi connectivity index (χ0) is 25.9. The fourth-order valence-electron chi connectivity index (χ4n) is 4.39. The van der Waals surface area contributed by atoms with E-state index < -0.39 is 0 Å². The van der Waals surface area contributed by atoms with Gasteiger partial charge < -0.3 is 14.6 Å². The minimum absolute atomic E-state index is 0.126. The molecule has 5 rings (SSSR count). The predicted molar refractivity (Wildman–Crippen MR) is 150 cm³/mol. The predicted octanol–water partition coefficient (Wildman–Crippen LogP) is 5.74. The van der Waals surface area contributed by atoms with Crippen LogP contribution in [0.25, 0.3) is 27.5 Å². The summed E-state index contributed by atoms with van der Waals surface area (Å²) in [7, 11) is 3.67. The number of para-hydroxylation sites is 1. The van der Waals surface area contributed by atoms with Gasteiger partial charge in [0.05, 0.1) is 7.11 Å². The van der Waals surface area contributed by atoms with E-state index in [0.717, 1.165) is 39.1 Å². The van der Waals surface area contributed by atoms with Gasteiger partial charge in [0.2, 0.25) is 0 Å². The molecule has 0 atom stereocenters. The summed E-state index contributed by atoms with van der Waals surface area (Å²) >= 11 is 7.44. The van der Waals surface area contributed by atoms with Crippen molar-refractivity contribution in [1.82, 2.24) is 24.6 Å². The second kappa shape index (κ2) is 10.7. The third-order valence-corrected chi connectivity index (χ3v) is 7.51. The summed E-state index contributed by atoms with van der Waals surface area (Å²) < 4.78 is 9.40. The Balaban J connectivity index is 1.34. The molecule has 1 amide bonds. The van der Waals surface area contributed by atoms with Gasteiger partial charge in [0.15, 0.2) is 5.16 Å². The Morgan fingerprint density at radius 3 is 2.57 bits per heavy atom. The van der Waals surface area contributed by atoms with Crippen molar-refractivity contribution in [2.45, 2.75) is 11.6 Å². The van der Waals surface area contributed by atoms with Crippen LogP contribution in [0.15, 0.2) is 83.5 Å². The molecule has 5 aromatic rings. The number of ether oxygens (including phenoxy) is 1. The number of nitrogens with one attached hydrogen (secondary N) is 1. The number of carbonyl (C=O) groups is 1. The first kappa shape index (κ1) is 24.9. The summed E-state index contributed by atoms with van der Waals surface area (Å²) in [6.07, 6.45) is 0.504. The number of hydrogen-bond donors (Lipinski definition) is 1. The van der Waals surface area contributed by atoms with E-state index in [0.29, 0.717) is 34.5 Å². The molecule has 7 nitrogen and oxygen atoms in total. The number of benzene rings is 3. The maximum Gasteiger partial charge on any atom is 0.251 e. The van der Waals surface area contributed by atoms with E-state index in [2.05, 4.69) is 38.8 Å². The molecule has 0 radical (unpaired) electrons. The van der Waals surface area contributed by atoms with Gasteiger partial charge in [0.25, 0.3) is 5.91 Å². The number of rotatable bonds is 9. The number of methoxy groups -OCH3 is 1. The molecule has 9 heteroatoms. The Morgan fingerprint density at radius 2 is 1.81 bits per heavy atom. The minimum Gasteiger partial charge on any atom is -0.497 e. The topological polar surface area (TPSA) is 74.0 Å². The van der Waals surface area contributed by atoms with E-state index in [1.54, 1.807) is 7.11 Å². The highest BCUT2D eigenvalue weighted by Crippen LogP contribution is 2.29. The van der Waals surface area contributed by atoms with E-state index in [9.17, 15) is 4.79 Å². The lowest BCUT2D eigenvalue weighted by atomic mass is 10.1. The third-order valence-electron chi connectivity index (χ3n) is 6.20. The van der Waals surface area contributed by atoms with Crippen LogP contribution in [-0.4, -0.2) is 44.6 Å². The van der Waals surface area contributed by atoms with Crippen molar-refractivity contribution in [3.63, 3.8) is 0 Å². The number of hydrogen-bond acceptors (Lipinski definition) is 5. The summed E-state index contributed by atoms with van der Waals surface area (Å²) in [5.41, 5.74) is 3.75. The van der Waals surface area contributed by atoms with Crippen LogP contribution in [0.4, 0.5) is 0 Å². The molecular formula is C28H26ClN5O2S. The highest BCUT2D eigenvalue weighted by atomic mass is 35.5. The highest BCUT2D eigenvalue weighted by Gasteiger charge is 2.16. The first-order valence-electron chi connectivity index (χ1n) is 11.8. The standard InChI is InChI=1S/C28H26ClN5O2S/c1-18(29)17-37-28-32-31-26(34(28)20-9-11-21(36-3)12-10-20)14-15-30-27(35)19-8-13-25-23(16-19)22-6-4-5-7-24(22)33(25)2/h4-13,16H,1,14-15,17H2,2-3H3,(H,30,35). The molecule has 0 aliphatic heterocycles. The number of thioether (sulfide) groups is 1. The van der Waals surface area contributed by atoms with Gasteiger partial charge >= 0.3 is 0 Å². The number of fused-ring (bicyclic) bond motifs is 3. The summed E-state index contributed by atoms with van der Waals surface area (Å²) in [5, 5.41) is 15.2. The molecule has 0 bridgehead atoms. The van der Waals surface area contributed by atoms with Crippen molar-refractivity contribution in [1.29, 1.82) is 0 Å². The van der Waals surface area contributed by atoms with Gasteiger partial charge in [-0.2, -0.15) is 0 Å². The van der Waals surface area contributed by atoms with Crippen LogP contribution in [0, 0.1) is 0 Å². The van der Waals surface area contributed by atoms with Gasteiger partial charge in [0, 0.05) is 63.9 Å². The largest absolute Gasteiger partial charge is 0.497 e. The third kappa shape index (κ3) is 5.08. The molecule has 2 aromatic heterocycles. The lowest BCUT2D eigenvalue weighted by Crippen LogP contribution is -2.26. The van der Waals surface area contributed by atoms with Crippen molar-refractivity contribution in [2.24, 2.45) is 7.05 Å². The summed E-state index contributed by atoms with van der Waals surface area (Å²) in [4.78, 5) is 13.0. The van der Waals surface area contributed by atoms with Gasteiger partial charge in [0.1, 0.15) is 11.6 Å².